The Morgan fingerprint density at radius 2 is 1.84 bits per heavy atom. The van der Waals surface area contributed by atoms with Crippen LogP contribution in [-0.4, -0.2) is 30.3 Å². The minimum atomic E-state index is -4.62. The van der Waals surface area contributed by atoms with Gasteiger partial charge in [-0.3, -0.25) is 4.79 Å². The number of carbonyl (C=O) groups is 1. The van der Waals surface area contributed by atoms with Gasteiger partial charge in [-0.1, -0.05) is 19.8 Å². The molecule has 3 rings (SSSR count). The van der Waals surface area contributed by atoms with Crippen molar-refractivity contribution in [3.8, 4) is 0 Å². The van der Waals surface area contributed by atoms with Crippen LogP contribution in [0.3, 0.4) is 0 Å². The van der Waals surface area contributed by atoms with Crippen molar-refractivity contribution in [2.24, 2.45) is 11.8 Å². The second-order valence-corrected chi connectivity index (χ2v) is 9.72. The summed E-state index contributed by atoms with van der Waals surface area (Å²) in [5.41, 5.74) is -2.60. The van der Waals surface area contributed by atoms with Gasteiger partial charge in [0.2, 0.25) is 0 Å². The summed E-state index contributed by atoms with van der Waals surface area (Å²) in [6.45, 7) is -2.09. The zero-order valence-electron chi connectivity index (χ0n) is 21.5. The van der Waals surface area contributed by atoms with Crippen LogP contribution in [-0.2, 0) is 9.84 Å². The molecule has 2 aromatic carbocycles. The highest BCUT2D eigenvalue weighted by Gasteiger charge is 2.45. The monoisotopic (exact) mass is 460 g/mol. The number of hydrogen-bond acceptors (Lipinski definition) is 4. The Hall–Kier alpha value is -2.39. The number of halogens is 3. The third-order valence-corrected chi connectivity index (χ3v) is 7.43. The maximum absolute atomic E-state index is 13.5. The highest BCUT2D eigenvalue weighted by molar-refractivity contribution is 7.92. The van der Waals surface area contributed by atoms with E-state index in [0.29, 0.717) is 12.1 Å². The molecule has 31 heavy (non-hydrogen) atoms. The largest absolute Gasteiger partial charge is 0.390 e. The molecule has 0 spiro atoms. The summed E-state index contributed by atoms with van der Waals surface area (Å²) in [7, 11) is -4.62. The molecule has 1 fully saturated rings. The molecule has 1 amide bonds. The molecule has 1 aliphatic rings. The molecular weight excluding hydrogens is 431 g/mol. The molecule has 5 nitrogen and oxygen atoms in total. The van der Waals surface area contributed by atoms with Gasteiger partial charge in [0.25, 0.3) is 5.91 Å². The van der Waals surface area contributed by atoms with Crippen molar-refractivity contribution >= 4 is 21.4 Å². The van der Waals surface area contributed by atoms with Gasteiger partial charge < -0.3 is 10.4 Å². The Bertz CT molecular complexity index is 1270. The molecule has 0 radical (unpaired) electrons. The average Bonchev–Trinajstić information content (AvgIpc) is 2.77. The first kappa shape index (κ1) is 17.2. The predicted molar refractivity (Wildman–Crippen MR) is 110 cm³/mol. The summed E-state index contributed by atoms with van der Waals surface area (Å²) in [6, 6.07) is 5.50. The Labute approximate surface area is 186 Å². The second kappa shape index (κ2) is 8.27. The van der Waals surface area contributed by atoms with Crippen molar-refractivity contribution in [2.75, 3.05) is 5.32 Å². The second-order valence-electron chi connectivity index (χ2n) is 7.66. The first-order valence-electron chi connectivity index (χ1n) is 12.0. The number of rotatable bonds is 4. The lowest BCUT2D eigenvalue weighted by Crippen LogP contribution is -2.48. The fourth-order valence-electron chi connectivity index (χ4n) is 3.31. The normalized spacial score (nSPS) is 31.6. The number of sulfone groups is 1. The Morgan fingerprint density at radius 3 is 2.45 bits per heavy atom. The summed E-state index contributed by atoms with van der Waals surface area (Å²) in [4.78, 5) is 12.1. The molecule has 0 heterocycles. The lowest BCUT2D eigenvalue weighted by molar-refractivity contribution is -0.0650. The first-order valence-corrected chi connectivity index (χ1v) is 10.7. The highest BCUT2D eigenvalue weighted by Crippen LogP contribution is 2.41. The fraction of sp³-hybridized carbons (Fsp3) is 0.409. The standard InChI is InChI=1S/C22H24F3NO4S/c1-12-7-17(8-13(2)22(12,3)28)31(29,30)16-6-4-5-14(9-16)21(27)26-15-10-18(23)20(25)19(24)11-15/h4-6,9-13,17,28H,7-8H2,1-3H3,(H,26,27)/t12-,13?,17-,22-/m0/s1/i1D,2D3,17D. The summed E-state index contributed by atoms with van der Waals surface area (Å²) >= 11 is 0. The van der Waals surface area contributed by atoms with Crippen molar-refractivity contribution in [1.29, 1.82) is 0 Å². The predicted octanol–water partition coefficient (Wildman–Crippen LogP) is 4.32. The van der Waals surface area contributed by atoms with Crippen molar-refractivity contribution in [3.05, 3.63) is 59.4 Å². The van der Waals surface area contributed by atoms with Crippen LogP contribution in [0.4, 0.5) is 18.9 Å². The zero-order valence-corrected chi connectivity index (χ0v) is 17.3. The molecule has 0 bridgehead atoms. The number of anilines is 1. The van der Waals surface area contributed by atoms with Crippen molar-refractivity contribution in [3.63, 3.8) is 0 Å². The van der Waals surface area contributed by atoms with Crippen LogP contribution in [0.5, 0.6) is 0 Å². The van der Waals surface area contributed by atoms with Crippen LogP contribution >= 0.6 is 0 Å². The molecule has 1 saturated carbocycles. The van der Waals surface area contributed by atoms with Gasteiger partial charge in [0, 0.05) is 30.2 Å². The molecule has 0 aliphatic heterocycles. The molecule has 168 valence electrons. The average molecular weight is 461 g/mol. The van der Waals surface area contributed by atoms with Crippen molar-refractivity contribution in [1.82, 2.24) is 0 Å². The highest BCUT2D eigenvalue weighted by atomic mass is 32.2. The van der Waals surface area contributed by atoms with E-state index in [1.807, 2.05) is 0 Å². The Kier molecular flexibility index (Phi) is 4.59. The zero-order chi connectivity index (χ0) is 27.3. The van der Waals surface area contributed by atoms with E-state index in [4.69, 9.17) is 6.85 Å². The van der Waals surface area contributed by atoms with Gasteiger partial charge in [0.05, 0.1) is 15.7 Å². The van der Waals surface area contributed by atoms with E-state index in [0.717, 1.165) is 12.1 Å². The first-order chi connectivity index (χ1) is 16.4. The van der Waals surface area contributed by atoms with Crippen LogP contribution in [0.1, 0.15) is 50.7 Å². The maximum atomic E-state index is 13.5. The van der Waals surface area contributed by atoms with E-state index >= 15 is 0 Å². The fourth-order valence-corrected chi connectivity index (χ4v) is 4.98. The van der Waals surface area contributed by atoms with E-state index in [1.165, 1.54) is 19.1 Å². The van der Waals surface area contributed by atoms with Gasteiger partial charge in [-0.05, 0) is 49.8 Å². The van der Waals surface area contributed by atoms with Crippen LogP contribution in [0.15, 0.2) is 41.3 Å². The molecule has 2 aromatic rings. The number of nitrogens with one attached hydrogen (secondary N) is 1. The third kappa shape index (κ3) is 4.48. The van der Waals surface area contributed by atoms with Crippen molar-refractivity contribution < 1.29 is 38.3 Å². The van der Waals surface area contributed by atoms with Crippen molar-refractivity contribution in [2.45, 2.75) is 49.2 Å². The molecule has 4 atom stereocenters. The number of benzene rings is 2. The maximum Gasteiger partial charge on any atom is 0.255 e. The van der Waals surface area contributed by atoms with Gasteiger partial charge in [-0.25, -0.2) is 21.6 Å². The summed E-state index contributed by atoms with van der Waals surface area (Å²) in [5.74, 6) is -8.52. The molecule has 0 saturated heterocycles. The molecular formula is C22H24F3NO4S. The molecule has 9 heteroatoms. The SMILES string of the molecule is [2H]C[C@H]1C[C@]([2H])(S(=O)(=O)c2cccc(C(=O)Nc3cc(F)c(F)c(F)c3)c2)CC(C([2H])([2H])[2H])[C@@]1(C)O. The summed E-state index contributed by atoms with van der Waals surface area (Å²) in [6.07, 6.45) is -1.25. The lowest BCUT2D eigenvalue weighted by Gasteiger charge is -2.43. The van der Waals surface area contributed by atoms with Gasteiger partial charge in [-0.15, -0.1) is 0 Å². The number of aliphatic hydroxyl groups is 1. The molecule has 1 unspecified atom stereocenters. The van der Waals surface area contributed by atoms with Crippen LogP contribution in [0.25, 0.3) is 0 Å². The van der Waals surface area contributed by atoms with E-state index in [1.54, 1.807) is 0 Å². The van der Waals surface area contributed by atoms with E-state index in [2.05, 4.69) is 5.32 Å². The van der Waals surface area contributed by atoms with Gasteiger partial charge in [0.1, 0.15) is 0 Å². The van der Waals surface area contributed by atoms with E-state index < -0.39 is 93.0 Å². The van der Waals surface area contributed by atoms with E-state index in [9.17, 15) is 31.5 Å². The molecule has 2 N–H and O–H groups in total. The third-order valence-electron chi connectivity index (χ3n) is 5.47. The minimum Gasteiger partial charge on any atom is -0.390 e. The summed E-state index contributed by atoms with van der Waals surface area (Å²) < 4.78 is 107. The summed E-state index contributed by atoms with van der Waals surface area (Å²) in [5, 5.41) is 10.5. The smallest absolute Gasteiger partial charge is 0.255 e. The molecule has 0 aromatic heterocycles. The lowest BCUT2D eigenvalue weighted by atomic mass is 9.71. The van der Waals surface area contributed by atoms with Gasteiger partial charge >= 0.3 is 0 Å². The topological polar surface area (TPSA) is 83.5 Å². The van der Waals surface area contributed by atoms with Crippen LogP contribution in [0.2, 0.25) is 0 Å². The quantitative estimate of drug-likeness (QED) is 0.666. The minimum absolute atomic E-state index is 0.267. The molecule has 1 aliphatic carbocycles. The van der Waals surface area contributed by atoms with Crippen LogP contribution < -0.4 is 5.32 Å². The van der Waals surface area contributed by atoms with E-state index in [-0.39, 0.29) is 5.56 Å². The number of hydrogen-bond donors (Lipinski definition) is 2. The number of amides is 1. The van der Waals surface area contributed by atoms with Crippen LogP contribution in [0, 0.1) is 29.3 Å². The number of carbonyl (C=O) groups excluding carboxylic acids is 1. The Balaban J connectivity index is 1.97. The Morgan fingerprint density at radius 1 is 1.19 bits per heavy atom. The van der Waals surface area contributed by atoms with Gasteiger partial charge in [-0.2, -0.15) is 0 Å². The van der Waals surface area contributed by atoms with Gasteiger partial charge in [0.15, 0.2) is 27.3 Å².